The van der Waals surface area contributed by atoms with Crippen LogP contribution in [0, 0.1) is 11.8 Å². The van der Waals surface area contributed by atoms with Crippen LogP contribution in [0.4, 0.5) is 5.69 Å². The summed E-state index contributed by atoms with van der Waals surface area (Å²) in [6.45, 7) is 0.275. The third-order valence-corrected chi connectivity index (χ3v) is 3.49. The number of hydrogen-bond acceptors (Lipinski definition) is 4. The first-order valence-electron chi connectivity index (χ1n) is 6.33. The summed E-state index contributed by atoms with van der Waals surface area (Å²) in [5.74, 6) is 5.40. The van der Waals surface area contributed by atoms with Gasteiger partial charge in [-0.05, 0) is 24.5 Å². The molecule has 0 fully saturated rings. The Bertz CT molecular complexity index is 704. The van der Waals surface area contributed by atoms with E-state index in [1.165, 1.54) is 6.20 Å². The Balaban J connectivity index is 2.20. The minimum atomic E-state index is -0.208. The number of rotatable bonds is 3. The molecule has 1 aromatic carbocycles. The summed E-state index contributed by atoms with van der Waals surface area (Å²) in [5.41, 5.74) is 7.26. The molecule has 2 aromatic rings. The number of amides is 1. The lowest BCUT2D eigenvalue weighted by Gasteiger charge is -2.09. The number of carbonyl (C=O) groups is 1. The maximum absolute atomic E-state index is 12.3. The van der Waals surface area contributed by atoms with Crippen LogP contribution < -0.4 is 11.1 Å². The van der Waals surface area contributed by atoms with Gasteiger partial charge in [-0.3, -0.25) is 9.78 Å². The molecule has 1 heterocycles. The number of nitrogens with one attached hydrogen (secondary N) is 1. The Kier molecular flexibility index (Phi) is 5.38. The highest BCUT2D eigenvalue weighted by atomic mass is 32.2. The standard InChI is InChI=1S/C16H15N3OS/c1-21-15-7-3-2-6-14(15)19-16(20)13-9-12(5-4-8-17)10-18-11-13/h2-3,6-7,9-11H,8,17H2,1H3,(H,19,20). The topological polar surface area (TPSA) is 68.0 Å². The summed E-state index contributed by atoms with van der Waals surface area (Å²) in [6.07, 6.45) is 5.09. The van der Waals surface area contributed by atoms with E-state index in [2.05, 4.69) is 22.1 Å². The van der Waals surface area contributed by atoms with Gasteiger partial charge in [0.2, 0.25) is 0 Å². The van der Waals surface area contributed by atoms with E-state index in [1.54, 1.807) is 24.0 Å². The number of carbonyl (C=O) groups excluding carboxylic acids is 1. The van der Waals surface area contributed by atoms with Crippen molar-refractivity contribution in [2.45, 2.75) is 4.90 Å². The molecule has 21 heavy (non-hydrogen) atoms. The minimum Gasteiger partial charge on any atom is -0.321 e. The summed E-state index contributed by atoms with van der Waals surface area (Å²) in [5, 5.41) is 2.89. The third-order valence-electron chi connectivity index (χ3n) is 2.69. The van der Waals surface area contributed by atoms with E-state index in [4.69, 9.17) is 5.73 Å². The van der Waals surface area contributed by atoms with Gasteiger partial charge in [0, 0.05) is 22.9 Å². The third kappa shape index (κ3) is 4.09. The zero-order valence-electron chi connectivity index (χ0n) is 11.6. The molecular weight excluding hydrogens is 282 g/mol. The fourth-order valence-electron chi connectivity index (χ4n) is 1.73. The quantitative estimate of drug-likeness (QED) is 0.674. The normalized spacial score (nSPS) is 9.62. The molecule has 0 atom stereocenters. The van der Waals surface area contributed by atoms with Crippen molar-refractivity contribution in [3.63, 3.8) is 0 Å². The Hall–Kier alpha value is -2.29. The number of para-hydroxylation sites is 1. The molecule has 0 aliphatic heterocycles. The van der Waals surface area contributed by atoms with E-state index in [0.29, 0.717) is 11.1 Å². The molecule has 4 nitrogen and oxygen atoms in total. The largest absolute Gasteiger partial charge is 0.321 e. The maximum Gasteiger partial charge on any atom is 0.257 e. The van der Waals surface area contributed by atoms with E-state index in [9.17, 15) is 4.79 Å². The predicted octanol–water partition coefficient (Wildman–Crippen LogP) is 2.37. The Morgan fingerprint density at radius 1 is 1.38 bits per heavy atom. The second-order valence-electron chi connectivity index (χ2n) is 4.12. The lowest BCUT2D eigenvalue weighted by molar-refractivity contribution is 0.102. The van der Waals surface area contributed by atoms with Crippen molar-refractivity contribution in [1.82, 2.24) is 4.98 Å². The van der Waals surface area contributed by atoms with Gasteiger partial charge in [-0.25, -0.2) is 0 Å². The van der Waals surface area contributed by atoms with E-state index in [-0.39, 0.29) is 12.5 Å². The summed E-state index contributed by atoms with van der Waals surface area (Å²) < 4.78 is 0. The van der Waals surface area contributed by atoms with Crippen molar-refractivity contribution in [3.05, 3.63) is 53.9 Å². The average molecular weight is 297 g/mol. The van der Waals surface area contributed by atoms with Gasteiger partial charge in [-0.2, -0.15) is 0 Å². The SMILES string of the molecule is CSc1ccccc1NC(=O)c1cncc(C#CCN)c1. The van der Waals surface area contributed by atoms with E-state index in [1.807, 2.05) is 30.5 Å². The van der Waals surface area contributed by atoms with Crippen LogP contribution in [0.3, 0.4) is 0 Å². The number of nitrogens with two attached hydrogens (primary N) is 1. The van der Waals surface area contributed by atoms with Crippen LogP contribution in [-0.4, -0.2) is 23.7 Å². The Morgan fingerprint density at radius 2 is 2.19 bits per heavy atom. The maximum atomic E-state index is 12.3. The predicted molar refractivity (Wildman–Crippen MR) is 86.3 cm³/mol. The molecule has 1 amide bonds. The van der Waals surface area contributed by atoms with Crippen molar-refractivity contribution in [1.29, 1.82) is 0 Å². The molecule has 1 aromatic heterocycles. The lowest BCUT2D eigenvalue weighted by atomic mass is 10.2. The number of pyridine rings is 1. The van der Waals surface area contributed by atoms with Crippen molar-refractivity contribution in [2.24, 2.45) is 5.73 Å². The van der Waals surface area contributed by atoms with Crippen LogP contribution in [0.25, 0.3) is 0 Å². The van der Waals surface area contributed by atoms with Crippen molar-refractivity contribution in [3.8, 4) is 11.8 Å². The zero-order chi connectivity index (χ0) is 15.1. The number of anilines is 1. The van der Waals surface area contributed by atoms with Crippen LogP contribution in [-0.2, 0) is 0 Å². The molecule has 0 aliphatic rings. The molecule has 0 unspecified atom stereocenters. The van der Waals surface area contributed by atoms with Gasteiger partial charge in [-0.15, -0.1) is 11.8 Å². The highest BCUT2D eigenvalue weighted by Gasteiger charge is 2.09. The van der Waals surface area contributed by atoms with Gasteiger partial charge < -0.3 is 11.1 Å². The van der Waals surface area contributed by atoms with E-state index in [0.717, 1.165) is 10.6 Å². The van der Waals surface area contributed by atoms with Crippen molar-refractivity contribution >= 4 is 23.4 Å². The number of aromatic nitrogens is 1. The minimum absolute atomic E-state index is 0.208. The van der Waals surface area contributed by atoms with Crippen LogP contribution >= 0.6 is 11.8 Å². The summed E-state index contributed by atoms with van der Waals surface area (Å²) in [4.78, 5) is 17.3. The number of thioether (sulfide) groups is 1. The molecule has 106 valence electrons. The van der Waals surface area contributed by atoms with E-state index >= 15 is 0 Å². The average Bonchev–Trinajstić information content (AvgIpc) is 2.53. The highest BCUT2D eigenvalue weighted by Crippen LogP contribution is 2.25. The van der Waals surface area contributed by atoms with Crippen LogP contribution in [0.5, 0.6) is 0 Å². The van der Waals surface area contributed by atoms with Gasteiger partial charge in [0.05, 0.1) is 17.8 Å². The molecule has 5 heteroatoms. The van der Waals surface area contributed by atoms with Gasteiger partial charge in [0.25, 0.3) is 5.91 Å². The molecule has 3 N–H and O–H groups in total. The van der Waals surface area contributed by atoms with Gasteiger partial charge in [-0.1, -0.05) is 24.0 Å². The van der Waals surface area contributed by atoms with E-state index < -0.39 is 0 Å². The van der Waals surface area contributed by atoms with Gasteiger partial charge in [0.15, 0.2) is 0 Å². The van der Waals surface area contributed by atoms with Crippen LogP contribution in [0.1, 0.15) is 15.9 Å². The molecule has 0 saturated heterocycles. The number of benzene rings is 1. The molecule has 0 aliphatic carbocycles. The van der Waals surface area contributed by atoms with Crippen LogP contribution in [0.15, 0.2) is 47.6 Å². The Labute approximate surface area is 128 Å². The molecular formula is C16H15N3OS. The monoisotopic (exact) mass is 297 g/mol. The Morgan fingerprint density at radius 3 is 2.95 bits per heavy atom. The zero-order valence-corrected chi connectivity index (χ0v) is 12.4. The molecule has 0 spiro atoms. The van der Waals surface area contributed by atoms with Crippen LogP contribution in [0.2, 0.25) is 0 Å². The lowest BCUT2D eigenvalue weighted by Crippen LogP contribution is -2.13. The number of nitrogens with zero attached hydrogens (tertiary/aromatic N) is 1. The summed E-state index contributed by atoms with van der Waals surface area (Å²) in [6, 6.07) is 9.35. The molecule has 2 rings (SSSR count). The highest BCUT2D eigenvalue weighted by molar-refractivity contribution is 7.98. The second kappa shape index (κ2) is 7.48. The summed E-state index contributed by atoms with van der Waals surface area (Å²) in [7, 11) is 0. The van der Waals surface area contributed by atoms with Crippen molar-refractivity contribution in [2.75, 3.05) is 18.1 Å². The molecule has 0 bridgehead atoms. The second-order valence-corrected chi connectivity index (χ2v) is 4.97. The smallest absolute Gasteiger partial charge is 0.257 e. The fourth-order valence-corrected chi connectivity index (χ4v) is 2.28. The van der Waals surface area contributed by atoms with Crippen molar-refractivity contribution < 1.29 is 4.79 Å². The molecule has 0 radical (unpaired) electrons. The molecule has 0 saturated carbocycles. The summed E-state index contributed by atoms with van der Waals surface area (Å²) >= 11 is 1.58. The first kappa shape index (κ1) is 15.1. The fraction of sp³-hybridized carbons (Fsp3) is 0.125. The van der Waals surface area contributed by atoms with Gasteiger partial charge >= 0.3 is 0 Å². The van der Waals surface area contributed by atoms with Gasteiger partial charge in [0.1, 0.15) is 0 Å². The number of hydrogen-bond donors (Lipinski definition) is 2. The first-order valence-corrected chi connectivity index (χ1v) is 7.55. The first-order chi connectivity index (χ1) is 10.2.